The molecule has 0 radical (unpaired) electrons. The molecule has 0 saturated heterocycles. The topological polar surface area (TPSA) is 12.0 Å². The summed E-state index contributed by atoms with van der Waals surface area (Å²) in [4.78, 5) is 0. The summed E-state index contributed by atoms with van der Waals surface area (Å²) in [6.07, 6.45) is 30.8. The third-order valence-corrected chi connectivity index (χ3v) is 6.24. The van der Waals surface area contributed by atoms with Gasteiger partial charge < -0.3 is 5.32 Å². The van der Waals surface area contributed by atoms with Crippen molar-refractivity contribution >= 4 is 0 Å². The molecule has 0 atom stereocenters. The first kappa shape index (κ1) is 29.3. The number of rotatable bonds is 25. The zero-order valence-corrected chi connectivity index (χ0v) is 21.2. The minimum Gasteiger partial charge on any atom is -0.389 e. The van der Waals surface area contributed by atoms with E-state index in [4.69, 9.17) is 0 Å². The molecular weight excluding hydrogens is 362 g/mol. The molecule has 1 N–H and O–H groups in total. The van der Waals surface area contributed by atoms with Crippen LogP contribution < -0.4 is 5.32 Å². The lowest BCUT2D eigenvalue weighted by molar-refractivity contribution is 0.522. The lowest BCUT2D eigenvalue weighted by Crippen LogP contribution is -2.13. The van der Waals surface area contributed by atoms with E-state index in [1.165, 1.54) is 140 Å². The van der Waals surface area contributed by atoms with Crippen LogP contribution in [0.25, 0.3) is 0 Å². The van der Waals surface area contributed by atoms with Crippen LogP contribution in [0, 0.1) is 0 Å². The molecule has 0 amide bonds. The first-order valence-corrected chi connectivity index (χ1v) is 13.7. The molecule has 0 unspecified atom stereocenters. The van der Waals surface area contributed by atoms with Crippen molar-refractivity contribution in [2.75, 3.05) is 6.54 Å². The van der Waals surface area contributed by atoms with Crippen molar-refractivity contribution in [3.05, 3.63) is 24.4 Å². The van der Waals surface area contributed by atoms with Crippen molar-refractivity contribution in [3.8, 4) is 0 Å². The van der Waals surface area contributed by atoms with E-state index in [9.17, 15) is 0 Å². The summed E-state index contributed by atoms with van der Waals surface area (Å²) < 4.78 is 0. The molecule has 0 aliphatic heterocycles. The second-order valence-corrected chi connectivity index (χ2v) is 9.70. The molecule has 0 aliphatic rings. The Morgan fingerprint density at radius 2 is 0.867 bits per heavy atom. The summed E-state index contributed by atoms with van der Waals surface area (Å²) in [6, 6.07) is 0. The van der Waals surface area contributed by atoms with Crippen molar-refractivity contribution in [1.29, 1.82) is 0 Å². The van der Waals surface area contributed by atoms with E-state index in [2.05, 4.69) is 32.3 Å². The van der Waals surface area contributed by atoms with E-state index >= 15 is 0 Å². The fourth-order valence-electron chi connectivity index (χ4n) is 4.16. The van der Waals surface area contributed by atoms with Gasteiger partial charge in [0.1, 0.15) is 0 Å². The van der Waals surface area contributed by atoms with Crippen LogP contribution in [0.3, 0.4) is 0 Å². The molecule has 0 heterocycles. The highest BCUT2D eigenvalue weighted by molar-refractivity contribution is 4.92. The van der Waals surface area contributed by atoms with Crippen molar-refractivity contribution in [2.24, 2.45) is 0 Å². The smallest absolute Gasteiger partial charge is 0.0146 e. The highest BCUT2D eigenvalue weighted by Crippen LogP contribution is 2.15. The quantitative estimate of drug-likeness (QED) is 0.115. The Labute approximate surface area is 191 Å². The van der Waals surface area contributed by atoms with Crippen molar-refractivity contribution in [3.63, 3.8) is 0 Å². The third-order valence-electron chi connectivity index (χ3n) is 6.24. The molecular formula is C29H57N. The molecule has 0 spiro atoms. The summed E-state index contributed by atoms with van der Waals surface area (Å²) in [6.45, 7) is 13.6. The molecule has 0 bridgehead atoms. The van der Waals surface area contributed by atoms with Crippen LogP contribution in [-0.2, 0) is 0 Å². The van der Waals surface area contributed by atoms with Crippen LogP contribution in [0.2, 0.25) is 0 Å². The van der Waals surface area contributed by atoms with Crippen LogP contribution in [0.4, 0.5) is 0 Å². The summed E-state index contributed by atoms with van der Waals surface area (Å²) in [5.74, 6) is 0. The van der Waals surface area contributed by atoms with E-state index in [0.717, 1.165) is 19.4 Å². The molecule has 1 nitrogen and oxygen atoms in total. The van der Waals surface area contributed by atoms with Crippen LogP contribution in [0.5, 0.6) is 0 Å². The van der Waals surface area contributed by atoms with Gasteiger partial charge in [0, 0.05) is 12.2 Å². The molecule has 0 aromatic heterocycles. The van der Waals surface area contributed by atoms with Gasteiger partial charge in [-0.15, -0.1) is 6.58 Å². The van der Waals surface area contributed by atoms with Crippen molar-refractivity contribution in [2.45, 2.75) is 155 Å². The molecule has 0 aromatic carbocycles. The normalized spacial score (nSPS) is 11.0. The zero-order valence-electron chi connectivity index (χ0n) is 21.2. The Kier molecular flexibility index (Phi) is 24.0. The van der Waals surface area contributed by atoms with Crippen LogP contribution in [-0.4, -0.2) is 6.54 Å². The predicted octanol–water partition coefficient (Wildman–Crippen LogP) is 10.3. The molecule has 0 aliphatic carbocycles. The van der Waals surface area contributed by atoms with Gasteiger partial charge in [-0.3, -0.25) is 0 Å². The minimum absolute atomic E-state index is 1.05. The number of allylic oxidation sites excluding steroid dienone is 2. The molecule has 30 heavy (non-hydrogen) atoms. The fraction of sp³-hybridized carbons (Fsp3) is 0.862. The lowest BCUT2D eigenvalue weighted by Gasteiger charge is -2.09. The van der Waals surface area contributed by atoms with E-state index in [-0.39, 0.29) is 0 Å². The lowest BCUT2D eigenvalue weighted by atomic mass is 10.0. The molecule has 1 heteroatoms. The monoisotopic (exact) mass is 419 g/mol. The average Bonchev–Trinajstić information content (AvgIpc) is 2.72. The highest BCUT2D eigenvalue weighted by Gasteiger charge is 1.97. The number of nitrogens with one attached hydrogen (secondary N) is 1. The maximum Gasteiger partial charge on any atom is 0.0146 e. The van der Waals surface area contributed by atoms with Gasteiger partial charge in [0.2, 0.25) is 0 Å². The third kappa shape index (κ3) is 25.3. The van der Waals surface area contributed by atoms with E-state index in [0.29, 0.717) is 0 Å². The van der Waals surface area contributed by atoms with Gasteiger partial charge in [0.25, 0.3) is 0 Å². The van der Waals surface area contributed by atoms with Gasteiger partial charge in [0.15, 0.2) is 0 Å². The standard InChI is InChI=1S/C29H57N/c1-5-6-7-8-9-10-11-12-13-14-15-16-17-18-19-20-21-22-23-26-29(4)30-27-24-25-28(2)3/h30H,2,4-27H2,1,3H3. The van der Waals surface area contributed by atoms with E-state index in [1.54, 1.807) is 0 Å². The number of unbranched alkanes of at least 4 members (excludes halogenated alkanes) is 18. The Balaban J connectivity index is 3.11. The predicted molar refractivity (Wildman–Crippen MR) is 139 cm³/mol. The summed E-state index contributed by atoms with van der Waals surface area (Å²) in [7, 11) is 0. The summed E-state index contributed by atoms with van der Waals surface area (Å²) >= 11 is 0. The van der Waals surface area contributed by atoms with E-state index < -0.39 is 0 Å². The van der Waals surface area contributed by atoms with Gasteiger partial charge in [-0.05, 0) is 32.6 Å². The van der Waals surface area contributed by atoms with Gasteiger partial charge in [0.05, 0.1) is 0 Å². The Bertz CT molecular complexity index is 371. The highest BCUT2D eigenvalue weighted by atomic mass is 14.9. The summed E-state index contributed by atoms with van der Waals surface area (Å²) in [5, 5.41) is 3.46. The Morgan fingerprint density at radius 3 is 1.23 bits per heavy atom. The SMILES string of the molecule is C=C(C)CCCNC(=C)CCCCCCCCCCCCCCCCCCCCC. The molecule has 0 aromatic rings. The fourth-order valence-corrected chi connectivity index (χ4v) is 4.16. The zero-order chi connectivity index (χ0) is 22.1. The number of hydrogen-bond acceptors (Lipinski definition) is 1. The van der Waals surface area contributed by atoms with Gasteiger partial charge >= 0.3 is 0 Å². The van der Waals surface area contributed by atoms with Crippen molar-refractivity contribution < 1.29 is 0 Å². The van der Waals surface area contributed by atoms with Crippen molar-refractivity contribution in [1.82, 2.24) is 5.32 Å². The second kappa shape index (κ2) is 24.5. The van der Waals surface area contributed by atoms with Crippen LogP contribution >= 0.6 is 0 Å². The molecule has 178 valence electrons. The van der Waals surface area contributed by atoms with E-state index in [1.807, 2.05) is 0 Å². The maximum atomic E-state index is 4.15. The van der Waals surface area contributed by atoms with Gasteiger partial charge in [-0.1, -0.05) is 135 Å². The molecule has 0 fully saturated rings. The molecule has 0 saturated carbocycles. The Hall–Kier alpha value is -0.720. The maximum absolute atomic E-state index is 4.15. The van der Waals surface area contributed by atoms with Crippen LogP contribution in [0.1, 0.15) is 155 Å². The van der Waals surface area contributed by atoms with Gasteiger partial charge in [-0.2, -0.15) is 0 Å². The molecule has 0 rings (SSSR count). The first-order chi connectivity index (χ1) is 14.7. The minimum atomic E-state index is 1.05. The Morgan fingerprint density at radius 1 is 0.500 bits per heavy atom. The average molecular weight is 420 g/mol. The number of hydrogen-bond donors (Lipinski definition) is 1. The summed E-state index contributed by atoms with van der Waals surface area (Å²) in [5.41, 5.74) is 2.50. The van der Waals surface area contributed by atoms with Crippen LogP contribution in [0.15, 0.2) is 24.4 Å². The first-order valence-electron chi connectivity index (χ1n) is 13.7. The largest absolute Gasteiger partial charge is 0.389 e. The second-order valence-electron chi connectivity index (χ2n) is 9.70. The van der Waals surface area contributed by atoms with Gasteiger partial charge in [-0.25, -0.2) is 0 Å².